The molecule has 1 fully saturated rings. The van der Waals surface area contributed by atoms with Gasteiger partial charge in [0, 0.05) is 45.4 Å². The summed E-state index contributed by atoms with van der Waals surface area (Å²) in [5, 5.41) is 3.82. The van der Waals surface area contributed by atoms with Crippen molar-refractivity contribution >= 4 is 29.4 Å². The zero-order valence-corrected chi connectivity index (χ0v) is 13.7. The Labute approximate surface area is 140 Å². The highest BCUT2D eigenvalue weighted by Crippen LogP contribution is 2.10. The standard InChI is InChI=1S/C15H22N4O5/c1-24-14(22)6-5-13(21)18-7-2-8-19(10-9-18)15(23)11-3-4-12(20)17-16-11/h2-10H2,1H3,(H,17,20). The van der Waals surface area contributed by atoms with Gasteiger partial charge in [-0.2, -0.15) is 5.10 Å². The van der Waals surface area contributed by atoms with Crippen LogP contribution in [0.4, 0.5) is 0 Å². The van der Waals surface area contributed by atoms with Crippen LogP contribution in [-0.2, 0) is 23.9 Å². The molecule has 0 bridgehead atoms. The number of methoxy groups -OCH3 is 1. The minimum absolute atomic E-state index is 0.0605. The van der Waals surface area contributed by atoms with Gasteiger partial charge in [-0.15, -0.1) is 0 Å². The highest BCUT2D eigenvalue weighted by atomic mass is 16.5. The van der Waals surface area contributed by atoms with Crippen molar-refractivity contribution in [3.8, 4) is 0 Å². The molecule has 0 unspecified atom stereocenters. The average Bonchev–Trinajstić information content (AvgIpc) is 2.85. The van der Waals surface area contributed by atoms with Crippen LogP contribution >= 0.6 is 0 Å². The third kappa shape index (κ3) is 4.77. The smallest absolute Gasteiger partial charge is 0.306 e. The van der Waals surface area contributed by atoms with E-state index in [9.17, 15) is 19.2 Å². The van der Waals surface area contributed by atoms with Crippen LogP contribution in [0.3, 0.4) is 0 Å². The fourth-order valence-corrected chi connectivity index (χ4v) is 2.65. The lowest BCUT2D eigenvalue weighted by molar-refractivity contribution is -0.143. The van der Waals surface area contributed by atoms with E-state index in [0.717, 1.165) is 0 Å². The van der Waals surface area contributed by atoms with Crippen molar-refractivity contribution in [3.05, 3.63) is 0 Å². The van der Waals surface area contributed by atoms with Crippen LogP contribution in [-0.4, -0.2) is 72.5 Å². The van der Waals surface area contributed by atoms with E-state index in [0.29, 0.717) is 44.7 Å². The Morgan fingerprint density at radius 2 is 1.79 bits per heavy atom. The van der Waals surface area contributed by atoms with Crippen molar-refractivity contribution in [2.75, 3.05) is 33.3 Å². The van der Waals surface area contributed by atoms with Crippen molar-refractivity contribution in [3.63, 3.8) is 0 Å². The molecule has 0 aliphatic carbocycles. The van der Waals surface area contributed by atoms with E-state index in [1.54, 1.807) is 9.80 Å². The molecule has 2 aliphatic rings. The number of rotatable bonds is 4. The molecule has 0 aromatic rings. The molecule has 2 heterocycles. The summed E-state index contributed by atoms with van der Waals surface area (Å²) >= 11 is 0. The van der Waals surface area contributed by atoms with Crippen molar-refractivity contribution in [2.24, 2.45) is 5.10 Å². The maximum absolute atomic E-state index is 12.4. The fraction of sp³-hybridized carbons (Fsp3) is 0.667. The largest absolute Gasteiger partial charge is 0.469 e. The summed E-state index contributed by atoms with van der Waals surface area (Å²) in [5.74, 6) is -0.909. The van der Waals surface area contributed by atoms with Gasteiger partial charge in [-0.3, -0.25) is 19.2 Å². The molecule has 0 aromatic heterocycles. The number of hydrogen-bond acceptors (Lipinski definition) is 6. The SMILES string of the molecule is COC(=O)CCC(=O)N1CCCN(C(=O)C2=NNC(=O)CC2)CC1. The van der Waals surface area contributed by atoms with E-state index >= 15 is 0 Å². The molecule has 1 N–H and O–H groups in total. The van der Waals surface area contributed by atoms with Gasteiger partial charge < -0.3 is 14.5 Å². The Hall–Kier alpha value is -2.45. The second-order valence-corrected chi connectivity index (χ2v) is 5.70. The molecule has 0 saturated carbocycles. The topological polar surface area (TPSA) is 108 Å². The van der Waals surface area contributed by atoms with Gasteiger partial charge in [0.05, 0.1) is 13.5 Å². The molecule has 24 heavy (non-hydrogen) atoms. The summed E-state index contributed by atoms with van der Waals surface area (Å²) in [4.78, 5) is 50.1. The molecule has 0 radical (unpaired) electrons. The summed E-state index contributed by atoms with van der Waals surface area (Å²) < 4.78 is 4.53. The Balaban J connectivity index is 1.85. The molecule has 9 heteroatoms. The first-order chi connectivity index (χ1) is 11.5. The van der Waals surface area contributed by atoms with Crippen LogP contribution < -0.4 is 5.43 Å². The van der Waals surface area contributed by atoms with Crippen LogP contribution in [0.1, 0.15) is 32.1 Å². The number of carbonyl (C=O) groups excluding carboxylic acids is 4. The van der Waals surface area contributed by atoms with Crippen LogP contribution in [0.5, 0.6) is 0 Å². The minimum Gasteiger partial charge on any atom is -0.469 e. The predicted octanol–water partition coefficient (Wildman–Crippen LogP) is -0.733. The maximum Gasteiger partial charge on any atom is 0.306 e. The first-order valence-electron chi connectivity index (χ1n) is 8.00. The molecule has 0 atom stereocenters. The molecular formula is C15H22N4O5. The minimum atomic E-state index is -0.410. The van der Waals surface area contributed by atoms with E-state index in [1.165, 1.54) is 7.11 Å². The average molecular weight is 338 g/mol. The van der Waals surface area contributed by atoms with E-state index in [1.807, 2.05) is 0 Å². The molecule has 132 valence electrons. The maximum atomic E-state index is 12.4. The van der Waals surface area contributed by atoms with Crippen molar-refractivity contribution < 1.29 is 23.9 Å². The molecular weight excluding hydrogens is 316 g/mol. The van der Waals surface area contributed by atoms with Gasteiger partial charge in [0.2, 0.25) is 11.8 Å². The van der Waals surface area contributed by atoms with Gasteiger partial charge in [-0.05, 0) is 6.42 Å². The van der Waals surface area contributed by atoms with Crippen molar-refractivity contribution in [1.29, 1.82) is 0 Å². The van der Waals surface area contributed by atoms with E-state index in [2.05, 4.69) is 15.3 Å². The van der Waals surface area contributed by atoms with Crippen LogP contribution in [0.25, 0.3) is 0 Å². The molecule has 3 amide bonds. The van der Waals surface area contributed by atoms with Crippen molar-refractivity contribution in [1.82, 2.24) is 15.2 Å². The third-order valence-electron chi connectivity index (χ3n) is 4.06. The lowest BCUT2D eigenvalue weighted by Gasteiger charge is -2.23. The quantitative estimate of drug-likeness (QED) is 0.680. The number of ether oxygens (including phenoxy) is 1. The molecule has 0 aromatic carbocycles. The van der Waals surface area contributed by atoms with Gasteiger partial charge in [-0.25, -0.2) is 5.43 Å². The molecule has 0 spiro atoms. The molecule has 2 rings (SSSR count). The lowest BCUT2D eigenvalue weighted by atomic mass is 10.1. The Bertz CT molecular complexity index is 560. The zero-order valence-electron chi connectivity index (χ0n) is 13.7. The zero-order chi connectivity index (χ0) is 17.5. The second-order valence-electron chi connectivity index (χ2n) is 5.70. The number of nitrogens with zero attached hydrogens (tertiary/aromatic N) is 3. The first kappa shape index (κ1) is 17.9. The second kappa shape index (κ2) is 8.42. The summed E-state index contributed by atoms with van der Waals surface area (Å²) in [6.07, 6.45) is 1.43. The number of hydrazone groups is 1. The number of hydrogen-bond donors (Lipinski definition) is 1. The Morgan fingerprint density at radius 3 is 2.46 bits per heavy atom. The number of esters is 1. The molecule has 1 saturated heterocycles. The van der Waals surface area contributed by atoms with Crippen LogP contribution in [0.2, 0.25) is 0 Å². The summed E-state index contributed by atoms with van der Waals surface area (Å²) in [6, 6.07) is 0. The highest BCUT2D eigenvalue weighted by Gasteiger charge is 2.26. The summed E-state index contributed by atoms with van der Waals surface area (Å²) in [7, 11) is 1.29. The van der Waals surface area contributed by atoms with Crippen molar-refractivity contribution in [2.45, 2.75) is 32.1 Å². The number of nitrogens with one attached hydrogen (secondary N) is 1. The van der Waals surface area contributed by atoms with Gasteiger partial charge in [0.1, 0.15) is 5.71 Å². The van der Waals surface area contributed by atoms with Gasteiger partial charge >= 0.3 is 5.97 Å². The van der Waals surface area contributed by atoms with Crippen LogP contribution in [0, 0.1) is 0 Å². The Kier molecular flexibility index (Phi) is 6.28. The summed E-state index contributed by atoms with van der Waals surface area (Å²) in [5.41, 5.74) is 2.67. The normalized spacial score (nSPS) is 18.4. The van der Waals surface area contributed by atoms with E-state index in [4.69, 9.17) is 0 Å². The number of carbonyl (C=O) groups is 4. The van der Waals surface area contributed by atoms with Crippen LogP contribution in [0.15, 0.2) is 5.10 Å². The molecule has 2 aliphatic heterocycles. The summed E-state index contributed by atoms with van der Waals surface area (Å²) in [6.45, 7) is 1.92. The van der Waals surface area contributed by atoms with Gasteiger partial charge in [0.25, 0.3) is 5.91 Å². The van der Waals surface area contributed by atoms with Gasteiger partial charge in [-0.1, -0.05) is 0 Å². The number of amides is 3. The van der Waals surface area contributed by atoms with Gasteiger partial charge in [0.15, 0.2) is 0 Å². The predicted molar refractivity (Wildman–Crippen MR) is 83.8 cm³/mol. The lowest BCUT2D eigenvalue weighted by Crippen LogP contribution is -2.42. The first-order valence-corrected chi connectivity index (χ1v) is 8.00. The monoisotopic (exact) mass is 338 g/mol. The highest BCUT2D eigenvalue weighted by molar-refractivity contribution is 6.39. The van der Waals surface area contributed by atoms with E-state index in [-0.39, 0.29) is 37.0 Å². The van der Waals surface area contributed by atoms with E-state index < -0.39 is 5.97 Å². The molecule has 9 nitrogen and oxygen atoms in total. The fourth-order valence-electron chi connectivity index (χ4n) is 2.65. The third-order valence-corrected chi connectivity index (χ3v) is 4.06. The Morgan fingerprint density at radius 1 is 1.08 bits per heavy atom.